The standard InChI is InChI=1S/C8H15NO4/c1-2-5-13-8(11)9-3-6-12-7-4-10/h2,10H,1,3-7H2,(H,9,11). The Balaban J connectivity index is 3.12. The monoisotopic (exact) mass is 189 g/mol. The number of hydrogen-bond acceptors (Lipinski definition) is 4. The van der Waals surface area contributed by atoms with Crippen LogP contribution < -0.4 is 5.32 Å². The minimum absolute atomic E-state index is 0.0130. The van der Waals surface area contributed by atoms with Crippen LogP contribution in [0.15, 0.2) is 12.7 Å². The molecule has 0 bridgehead atoms. The number of amides is 1. The van der Waals surface area contributed by atoms with Gasteiger partial charge in [0.05, 0.1) is 19.8 Å². The molecule has 0 fully saturated rings. The quantitative estimate of drug-likeness (QED) is 0.434. The minimum Gasteiger partial charge on any atom is -0.445 e. The lowest BCUT2D eigenvalue weighted by Gasteiger charge is -2.04. The third kappa shape index (κ3) is 8.84. The maximum atomic E-state index is 10.7. The first-order chi connectivity index (χ1) is 6.31. The zero-order valence-electron chi connectivity index (χ0n) is 7.49. The van der Waals surface area contributed by atoms with Gasteiger partial charge in [0.15, 0.2) is 0 Å². The van der Waals surface area contributed by atoms with Crippen LogP contribution in [0, 0.1) is 0 Å². The summed E-state index contributed by atoms with van der Waals surface area (Å²) in [5.74, 6) is 0. The Kier molecular flexibility index (Phi) is 8.28. The lowest BCUT2D eigenvalue weighted by molar-refractivity contribution is 0.0916. The van der Waals surface area contributed by atoms with Crippen molar-refractivity contribution in [3.05, 3.63) is 12.7 Å². The molecule has 13 heavy (non-hydrogen) atoms. The summed E-state index contributed by atoms with van der Waals surface area (Å²) in [6.45, 7) is 4.60. The van der Waals surface area contributed by atoms with Crippen LogP contribution in [0.1, 0.15) is 0 Å². The van der Waals surface area contributed by atoms with Crippen molar-refractivity contribution in [2.24, 2.45) is 0 Å². The summed E-state index contributed by atoms with van der Waals surface area (Å²) in [4.78, 5) is 10.7. The van der Waals surface area contributed by atoms with Gasteiger partial charge in [0.2, 0.25) is 0 Å². The smallest absolute Gasteiger partial charge is 0.407 e. The summed E-state index contributed by atoms with van der Waals surface area (Å²) in [5, 5.41) is 10.8. The highest BCUT2D eigenvalue weighted by molar-refractivity contribution is 5.67. The molecule has 0 saturated heterocycles. The SMILES string of the molecule is C=CCOC(=O)NCCOCCO. The molecule has 0 aliphatic carbocycles. The summed E-state index contributed by atoms with van der Waals surface area (Å²) in [6.07, 6.45) is 0.995. The van der Waals surface area contributed by atoms with Crippen molar-refractivity contribution >= 4 is 6.09 Å². The summed E-state index contributed by atoms with van der Waals surface area (Å²) >= 11 is 0. The van der Waals surface area contributed by atoms with Crippen LogP contribution in [0.5, 0.6) is 0 Å². The predicted octanol–water partition coefficient (Wildman–Crippen LogP) is -0.0925. The molecule has 0 atom stereocenters. The molecule has 1 amide bonds. The van der Waals surface area contributed by atoms with E-state index in [0.29, 0.717) is 13.2 Å². The Morgan fingerprint density at radius 1 is 1.54 bits per heavy atom. The molecular weight excluding hydrogens is 174 g/mol. The highest BCUT2D eigenvalue weighted by Crippen LogP contribution is 1.78. The van der Waals surface area contributed by atoms with Gasteiger partial charge >= 0.3 is 6.09 Å². The first-order valence-corrected chi connectivity index (χ1v) is 4.01. The zero-order chi connectivity index (χ0) is 9.94. The molecule has 76 valence electrons. The van der Waals surface area contributed by atoms with Gasteiger partial charge in [-0.1, -0.05) is 12.7 Å². The molecule has 0 aliphatic rings. The number of rotatable bonds is 7. The molecule has 0 radical (unpaired) electrons. The van der Waals surface area contributed by atoms with Gasteiger partial charge in [0.25, 0.3) is 0 Å². The maximum Gasteiger partial charge on any atom is 0.407 e. The van der Waals surface area contributed by atoms with Gasteiger partial charge in [-0.2, -0.15) is 0 Å². The molecule has 0 spiro atoms. The van der Waals surface area contributed by atoms with E-state index < -0.39 is 6.09 Å². The Hall–Kier alpha value is -1.07. The molecule has 0 aromatic carbocycles. The summed E-state index contributed by atoms with van der Waals surface area (Å²) in [7, 11) is 0. The molecule has 0 rings (SSSR count). The average Bonchev–Trinajstić information content (AvgIpc) is 2.14. The van der Waals surface area contributed by atoms with Crippen LogP contribution in [-0.2, 0) is 9.47 Å². The Labute approximate surface area is 77.3 Å². The van der Waals surface area contributed by atoms with Crippen molar-refractivity contribution in [3.8, 4) is 0 Å². The zero-order valence-corrected chi connectivity index (χ0v) is 7.49. The Bertz CT molecular complexity index is 149. The van der Waals surface area contributed by atoms with Gasteiger partial charge in [-0.3, -0.25) is 0 Å². The van der Waals surface area contributed by atoms with E-state index in [9.17, 15) is 4.79 Å². The summed E-state index contributed by atoms with van der Waals surface area (Å²) < 4.78 is 9.52. The van der Waals surface area contributed by atoms with Gasteiger partial charge in [-0.25, -0.2) is 4.79 Å². The second kappa shape index (κ2) is 9.02. The van der Waals surface area contributed by atoms with Crippen molar-refractivity contribution in [2.75, 3.05) is 33.0 Å². The minimum atomic E-state index is -0.493. The molecule has 2 N–H and O–H groups in total. The predicted molar refractivity (Wildman–Crippen MR) is 47.5 cm³/mol. The van der Waals surface area contributed by atoms with Crippen LogP contribution in [0.4, 0.5) is 4.79 Å². The van der Waals surface area contributed by atoms with E-state index in [1.54, 1.807) is 0 Å². The Morgan fingerprint density at radius 3 is 2.92 bits per heavy atom. The van der Waals surface area contributed by atoms with Crippen molar-refractivity contribution in [1.29, 1.82) is 0 Å². The molecular formula is C8H15NO4. The first kappa shape index (κ1) is 11.9. The number of nitrogens with one attached hydrogen (secondary N) is 1. The molecule has 0 aromatic heterocycles. The van der Waals surface area contributed by atoms with Crippen molar-refractivity contribution in [2.45, 2.75) is 0 Å². The van der Waals surface area contributed by atoms with Gasteiger partial charge in [-0.05, 0) is 0 Å². The van der Waals surface area contributed by atoms with Crippen LogP contribution in [0.25, 0.3) is 0 Å². The van der Waals surface area contributed by atoms with Gasteiger partial charge < -0.3 is 19.9 Å². The first-order valence-electron chi connectivity index (χ1n) is 4.01. The lowest BCUT2D eigenvalue weighted by Crippen LogP contribution is -2.28. The number of carbonyl (C=O) groups is 1. The second-order valence-electron chi connectivity index (χ2n) is 2.15. The fourth-order valence-corrected chi connectivity index (χ4v) is 0.578. The molecule has 0 unspecified atom stereocenters. The fraction of sp³-hybridized carbons (Fsp3) is 0.625. The van der Waals surface area contributed by atoms with Crippen LogP contribution in [0.2, 0.25) is 0 Å². The Morgan fingerprint density at radius 2 is 2.31 bits per heavy atom. The van der Waals surface area contributed by atoms with Gasteiger partial charge in [0, 0.05) is 6.54 Å². The molecule has 0 aliphatic heterocycles. The third-order valence-electron chi connectivity index (χ3n) is 1.08. The molecule has 0 saturated carbocycles. The van der Waals surface area contributed by atoms with E-state index in [0.717, 1.165) is 0 Å². The van der Waals surface area contributed by atoms with E-state index in [2.05, 4.69) is 16.6 Å². The largest absolute Gasteiger partial charge is 0.445 e. The van der Waals surface area contributed by atoms with Crippen LogP contribution in [-0.4, -0.2) is 44.2 Å². The molecule has 0 aromatic rings. The molecule has 0 heterocycles. The van der Waals surface area contributed by atoms with E-state index in [4.69, 9.17) is 9.84 Å². The van der Waals surface area contributed by atoms with Gasteiger partial charge in [0.1, 0.15) is 6.61 Å². The topological polar surface area (TPSA) is 67.8 Å². The number of aliphatic hydroxyl groups is 1. The van der Waals surface area contributed by atoms with Crippen LogP contribution >= 0.6 is 0 Å². The lowest BCUT2D eigenvalue weighted by atomic mass is 10.6. The summed E-state index contributed by atoms with van der Waals surface area (Å²) in [6, 6.07) is 0. The number of aliphatic hydroxyl groups excluding tert-OH is 1. The molecule has 5 nitrogen and oxygen atoms in total. The van der Waals surface area contributed by atoms with Crippen molar-refractivity contribution < 1.29 is 19.4 Å². The average molecular weight is 189 g/mol. The number of hydrogen-bond donors (Lipinski definition) is 2. The van der Waals surface area contributed by atoms with Crippen molar-refractivity contribution in [3.63, 3.8) is 0 Å². The van der Waals surface area contributed by atoms with E-state index in [-0.39, 0.29) is 19.8 Å². The second-order valence-corrected chi connectivity index (χ2v) is 2.15. The number of ether oxygens (including phenoxy) is 2. The van der Waals surface area contributed by atoms with Crippen molar-refractivity contribution in [1.82, 2.24) is 5.32 Å². The van der Waals surface area contributed by atoms with Crippen LogP contribution in [0.3, 0.4) is 0 Å². The van der Waals surface area contributed by atoms with E-state index in [1.807, 2.05) is 0 Å². The highest BCUT2D eigenvalue weighted by atomic mass is 16.5. The van der Waals surface area contributed by atoms with E-state index >= 15 is 0 Å². The highest BCUT2D eigenvalue weighted by Gasteiger charge is 1.97. The maximum absolute atomic E-state index is 10.7. The molecule has 5 heteroatoms. The normalized spacial score (nSPS) is 9.31. The fourth-order valence-electron chi connectivity index (χ4n) is 0.578. The van der Waals surface area contributed by atoms with Gasteiger partial charge in [-0.15, -0.1) is 0 Å². The third-order valence-corrected chi connectivity index (χ3v) is 1.08. The summed E-state index contributed by atoms with van der Waals surface area (Å²) in [5.41, 5.74) is 0. The van der Waals surface area contributed by atoms with E-state index in [1.165, 1.54) is 6.08 Å². The number of alkyl carbamates (subject to hydrolysis) is 1. The number of carbonyl (C=O) groups excluding carboxylic acids is 1.